The van der Waals surface area contributed by atoms with Gasteiger partial charge in [-0.15, -0.1) is 0 Å². The molecule has 0 rings (SSSR count). The predicted octanol–water partition coefficient (Wildman–Crippen LogP) is 18.6. The molecule has 2 unspecified atom stereocenters. The van der Waals surface area contributed by atoms with Gasteiger partial charge in [-0.1, -0.05) is 231 Å². The van der Waals surface area contributed by atoms with E-state index in [-0.39, 0.29) is 38.6 Å². The van der Waals surface area contributed by atoms with Gasteiger partial charge in [0, 0.05) is 12.8 Å². The molecule has 1 N–H and O–H groups in total. The number of rotatable bonds is 55. The minimum atomic E-state index is -1.52. The van der Waals surface area contributed by atoms with Crippen LogP contribution in [0, 0.1) is 0 Å². The van der Waals surface area contributed by atoms with Crippen LogP contribution in [0.15, 0.2) is 134 Å². The molecule has 0 aromatic heterocycles. The largest absolute Gasteiger partial charge is 0.477 e. The van der Waals surface area contributed by atoms with E-state index in [4.69, 9.17) is 18.9 Å². The monoisotopic (exact) mass is 1080 g/mol. The van der Waals surface area contributed by atoms with Gasteiger partial charge in [0.2, 0.25) is 0 Å². The Hall–Kier alpha value is -4.57. The van der Waals surface area contributed by atoms with Crippen molar-refractivity contribution < 1.29 is 42.9 Å². The average Bonchev–Trinajstić information content (AvgIpc) is 3.41. The number of quaternary nitrogens is 1. The van der Waals surface area contributed by atoms with Crippen molar-refractivity contribution in [1.82, 2.24) is 0 Å². The van der Waals surface area contributed by atoms with Crippen LogP contribution in [-0.2, 0) is 33.3 Å². The van der Waals surface area contributed by atoms with Crippen molar-refractivity contribution in [2.75, 3.05) is 47.5 Å². The van der Waals surface area contributed by atoms with Crippen molar-refractivity contribution in [2.45, 2.75) is 238 Å². The van der Waals surface area contributed by atoms with Gasteiger partial charge in [-0.25, -0.2) is 4.79 Å². The summed E-state index contributed by atoms with van der Waals surface area (Å²) in [5.74, 6) is -2.04. The Kier molecular flexibility index (Phi) is 55.1. The van der Waals surface area contributed by atoms with E-state index in [1.165, 1.54) is 70.6 Å². The molecule has 0 aromatic rings. The van der Waals surface area contributed by atoms with E-state index in [9.17, 15) is 19.5 Å². The maximum Gasteiger partial charge on any atom is 0.361 e. The zero-order chi connectivity index (χ0) is 56.9. The summed E-state index contributed by atoms with van der Waals surface area (Å²) in [6.45, 7) is 4.71. The van der Waals surface area contributed by atoms with Crippen LogP contribution in [0.1, 0.15) is 226 Å². The number of carbonyl (C=O) groups is 3. The van der Waals surface area contributed by atoms with Crippen LogP contribution < -0.4 is 0 Å². The minimum Gasteiger partial charge on any atom is -0.477 e. The standard InChI is InChI=1S/C69H113NO8/c1-6-8-10-12-14-16-18-20-22-24-26-27-28-29-30-31-32-33-34-35-36-37-38-39-40-41-42-44-46-48-50-52-54-56-58-60-67(72)78-65(64-77-69(68(73)74)75-62-61-70(3,4)5)63-76-66(71)59-57-55-53-51-49-47-45-43-25-23-21-19-17-15-13-11-9-7-2/h8,10,14,16-17,19-20,22-23,25-27,29-30,32-33,35-36,38-39,41-42,65,69H,6-7,9,11-13,15,18,21,24,28,31,34,37,40,43-64H2,1-5H3/p+1/b10-8-,16-14-,19-17-,22-20-,25-23-,27-26-,30-29-,33-32-,36-35-,39-38-,42-41-. The SMILES string of the molecule is CC/C=C\C/C=C\C/C=C\C/C=C\C/C=C\C/C=C\C/C=C\C/C=C\C/C=C\CCCCCCCCCC(=O)OC(COC(=O)CCCCCCCCC/C=C\C/C=C\CCCCCC)COC(OCC[N+](C)(C)C)C(=O)O. The molecule has 0 saturated heterocycles. The topological polar surface area (TPSA) is 108 Å². The number of hydrogen-bond donors (Lipinski definition) is 1. The fourth-order valence-corrected chi connectivity index (χ4v) is 7.92. The van der Waals surface area contributed by atoms with Gasteiger partial charge in [-0.3, -0.25) is 9.59 Å². The van der Waals surface area contributed by atoms with Gasteiger partial charge in [0.25, 0.3) is 6.29 Å². The molecular weight excluding hydrogens is 971 g/mol. The first-order chi connectivity index (χ1) is 38.1. The predicted molar refractivity (Wildman–Crippen MR) is 331 cm³/mol. The van der Waals surface area contributed by atoms with Crippen LogP contribution in [0.5, 0.6) is 0 Å². The molecule has 0 aromatic carbocycles. The third-order valence-electron chi connectivity index (χ3n) is 12.6. The molecule has 0 aliphatic heterocycles. The lowest BCUT2D eigenvalue weighted by Gasteiger charge is -2.25. The molecule has 0 amide bonds. The number of nitrogens with zero attached hydrogens (tertiary/aromatic N) is 1. The van der Waals surface area contributed by atoms with Gasteiger partial charge in [-0.2, -0.15) is 0 Å². The maximum absolute atomic E-state index is 12.9. The van der Waals surface area contributed by atoms with Crippen LogP contribution in [-0.4, -0.2) is 87.4 Å². The van der Waals surface area contributed by atoms with Crippen molar-refractivity contribution in [1.29, 1.82) is 0 Å². The fourth-order valence-electron chi connectivity index (χ4n) is 7.92. The normalized spacial score (nSPS) is 13.7. The number of esters is 2. The van der Waals surface area contributed by atoms with Crippen molar-refractivity contribution in [2.24, 2.45) is 0 Å². The highest BCUT2D eigenvalue weighted by Gasteiger charge is 2.25. The molecular formula is C69H114NO8+. The molecule has 442 valence electrons. The second-order valence-electron chi connectivity index (χ2n) is 21.3. The van der Waals surface area contributed by atoms with E-state index < -0.39 is 24.3 Å². The van der Waals surface area contributed by atoms with Gasteiger partial charge in [0.15, 0.2) is 6.10 Å². The van der Waals surface area contributed by atoms with Crippen LogP contribution in [0.4, 0.5) is 0 Å². The van der Waals surface area contributed by atoms with Gasteiger partial charge >= 0.3 is 17.9 Å². The van der Waals surface area contributed by atoms with E-state index >= 15 is 0 Å². The molecule has 0 bridgehead atoms. The molecule has 0 saturated carbocycles. The summed E-state index contributed by atoms with van der Waals surface area (Å²) in [4.78, 5) is 37.5. The van der Waals surface area contributed by atoms with Gasteiger partial charge in [0.05, 0.1) is 34.4 Å². The summed E-state index contributed by atoms with van der Waals surface area (Å²) in [5.41, 5.74) is 0. The van der Waals surface area contributed by atoms with Gasteiger partial charge < -0.3 is 28.5 Å². The van der Waals surface area contributed by atoms with Crippen molar-refractivity contribution in [3.8, 4) is 0 Å². The van der Waals surface area contributed by atoms with Crippen LogP contribution >= 0.6 is 0 Å². The van der Waals surface area contributed by atoms with Crippen LogP contribution in [0.2, 0.25) is 0 Å². The van der Waals surface area contributed by atoms with Gasteiger partial charge in [-0.05, 0) is 116 Å². The number of aliphatic carboxylic acids is 1. The zero-order valence-electron chi connectivity index (χ0n) is 50.3. The Morgan fingerprint density at radius 3 is 1.09 bits per heavy atom. The summed E-state index contributed by atoms with van der Waals surface area (Å²) < 4.78 is 22.9. The summed E-state index contributed by atoms with van der Waals surface area (Å²) in [5, 5.41) is 9.71. The second-order valence-corrected chi connectivity index (χ2v) is 21.3. The van der Waals surface area contributed by atoms with E-state index in [0.717, 1.165) is 122 Å². The third kappa shape index (κ3) is 59.1. The first-order valence-corrected chi connectivity index (χ1v) is 30.8. The Labute approximate surface area is 478 Å². The molecule has 0 spiro atoms. The number of ether oxygens (including phenoxy) is 4. The molecule has 0 radical (unpaired) electrons. The maximum atomic E-state index is 12.9. The molecule has 0 fully saturated rings. The Morgan fingerprint density at radius 1 is 0.397 bits per heavy atom. The summed E-state index contributed by atoms with van der Waals surface area (Å²) in [7, 11) is 5.95. The number of carbonyl (C=O) groups excluding carboxylic acids is 2. The minimum absolute atomic E-state index is 0.177. The lowest BCUT2D eigenvalue weighted by Crippen LogP contribution is -2.40. The van der Waals surface area contributed by atoms with Crippen LogP contribution in [0.3, 0.4) is 0 Å². The molecule has 0 aliphatic rings. The van der Waals surface area contributed by atoms with E-state index in [2.05, 4.69) is 148 Å². The summed E-state index contributed by atoms with van der Waals surface area (Å²) in [6, 6.07) is 0. The van der Waals surface area contributed by atoms with E-state index in [1.54, 1.807) is 0 Å². The molecule has 0 aliphatic carbocycles. The molecule has 9 heteroatoms. The highest BCUT2D eigenvalue weighted by molar-refractivity contribution is 5.71. The number of unbranched alkanes of at least 4 members (excludes halogenated alkanes) is 18. The average molecular weight is 1090 g/mol. The quantitative estimate of drug-likeness (QED) is 0.0211. The lowest BCUT2D eigenvalue weighted by atomic mass is 10.1. The highest BCUT2D eigenvalue weighted by Crippen LogP contribution is 2.14. The first kappa shape index (κ1) is 73.4. The second kappa shape index (κ2) is 58.6. The Bertz CT molecular complexity index is 1740. The molecule has 0 heterocycles. The lowest BCUT2D eigenvalue weighted by molar-refractivity contribution is -0.870. The summed E-state index contributed by atoms with van der Waals surface area (Å²) in [6.07, 6.45) is 81.0. The van der Waals surface area contributed by atoms with E-state index in [1.807, 2.05) is 21.1 Å². The number of carboxylic acids is 1. The van der Waals surface area contributed by atoms with Crippen molar-refractivity contribution in [3.05, 3.63) is 134 Å². The Morgan fingerprint density at radius 2 is 0.731 bits per heavy atom. The van der Waals surface area contributed by atoms with Crippen molar-refractivity contribution >= 4 is 17.9 Å². The highest BCUT2D eigenvalue weighted by atomic mass is 16.7. The fraction of sp³-hybridized carbons (Fsp3) is 0.638. The van der Waals surface area contributed by atoms with Gasteiger partial charge in [0.1, 0.15) is 13.2 Å². The smallest absolute Gasteiger partial charge is 0.361 e. The number of likely N-dealkylation sites (N-methyl/N-ethyl adjacent to an activating group) is 1. The Balaban J connectivity index is 4.26. The number of hydrogen-bond acceptors (Lipinski definition) is 7. The first-order valence-electron chi connectivity index (χ1n) is 30.8. The molecule has 2 atom stereocenters. The molecule has 9 nitrogen and oxygen atoms in total. The number of allylic oxidation sites excluding steroid dienone is 22. The van der Waals surface area contributed by atoms with Crippen molar-refractivity contribution in [3.63, 3.8) is 0 Å². The van der Waals surface area contributed by atoms with E-state index in [0.29, 0.717) is 17.4 Å². The van der Waals surface area contributed by atoms with Crippen LogP contribution in [0.25, 0.3) is 0 Å². The number of carboxylic acid groups (broad SMARTS) is 1. The summed E-state index contributed by atoms with van der Waals surface area (Å²) >= 11 is 0. The zero-order valence-corrected chi connectivity index (χ0v) is 50.3. The third-order valence-corrected chi connectivity index (χ3v) is 12.6. The molecule has 78 heavy (non-hydrogen) atoms.